The summed E-state index contributed by atoms with van der Waals surface area (Å²) in [5.41, 5.74) is 16.5. The van der Waals surface area contributed by atoms with Gasteiger partial charge in [0.25, 0.3) is 0 Å². The minimum atomic E-state index is -1.86. The first-order valence-electron chi connectivity index (χ1n) is 22.7. The molecule has 10 rings (SSSR count). The molecule has 0 fully saturated rings. The number of fused-ring (bicyclic) bond motifs is 4. The second-order valence-electron chi connectivity index (χ2n) is 19.5. The molecule has 0 aliphatic heterocycles. The van der Waals surface area contributed by atoms with Crippen LogP contribution in [-0.4, -0.2) is 32.8 Å². The summed E-state index contributed by atoms with van der Waals surface area (Å²) < 4.78 is 10.0. The molecule has 4 heterocycles. The van der Waals surface area contributed by atoms with Gasteiger partial charge >= 0.3 is 126 Å². The predicted octanol–water partition coefficient (Wildman–Crippen LogP) is 15.0. The monoisotopic (exact) mass is 1100 g/mol. The summed E-state index contributed by atoms with van der Waals surface area (Å²) in [5, 5.41) is 1.02. The first-order chi connectivity index (χ1) is 31.2. The van der Waals surface area contributed by atoms with E-state index in [0.29, 0.717) is 11.6 Å². The minimum absolute atomic E-state index is 0. The molecule has 1 radical (unpaired) electrons. The number of furan rings is 1. The number of hydrogen-bond donors (Lipinski definition) is 0. The predicted molar refractivity (Wildman–Crippen MR) is 275 cm³/mol. The molecule has 7 heteroatoms. The van der Waals surface area contributed by atoms with Crippen molar-refractivity contribution in [2.45, 2.75) is 70.6 Å². The van der Waals surface area contributed by atoms with Crippen LogP contribution >= 0.6 is 0 Å². The molecule has 0 saturated heterocycles. The fourth-order valence-corrected chi connectivity index (χ4v) is 12.1. The maximum absolute atomic E-state index is 6.18. The topological polar surface area (TPSA) is 56.7 Å². The molecule has 333 valence electrons. The van der Waals surface area contributed by atoms with E-state index in [-0.39, 0.29) is 25.5 Å². The van der Waals surface area contributed by atoms with Gasteiger partial charge in [-0.15, -0.1) is 12.1 Å². The van der Waals surface area contributed by atoms with Gasteiger partial charge in [-0.3, -0.25) is 9.97 Å². The van der Waals surface area contributed by atoms with Crippen LogP contribution < -0.4 is 4.40 Å². The van der Waals surface area contributed by atoms with Crippen LogP contribution in [0.3, 0.4) is 0 Å². The fourth-order valence-electron chi connectivity index (χ4n) is 8.80. The SMILES string of the molecule is CC(C)Cc1cc(-c2[c-]cccc2)nc[c]1[Ge]([CH3])([CH3])[CH3].Cc1cccc2oc3c[c-]c(-c4nc5ccccc5n4-c4c(-c5ccccc5)cc(C(C)(C)C)cc4-c4ccccc4)nc3c12.[Ir]. The molecule has 0 aliphatic rings. The van der Waals surface area contributed by atoms with Gasteiger partial charge in [-0.1, -0.05) is 106 Å². The summed E-state index contributed by atoms with van der Waals surface area (Å²) in [7, 11) is 0. The maximum atomic E-state index is 6.18. The molecular weight excluding hydrogens is 1050 g/mol. The van der Waals surface area contributed by atoms with Gasteiger partial charge in [-0.05, 0) is 70.6 Å². The van der Waals surface area contributed by atoms with Crippen LogP contribution in [0.25, 0.3) is 83.8 Å². The van der Waals surface area contributed by atoms with Crippen LogP contribution in [0, 0.1) is 25.0 Å². The molecule has 5 nitrogen and oxygen atoms in total. The maximum Gasteiger partial charge on any atom is 0.119 e. The van der Waals surface area contributed by atoms with Crippen LogP contribution in [-0.2, 0) is 31.9 Å². The normalized spacial score (nSPS) is 11.8. The van der Waals surface area contributed by atoms with Crippen molar-refractivity contribution >= 4 is 50.8 Å². The van der Waals surface area contributed by atoms with Crippen molar-refractivity contribution in [3.63, 3.8) is 0 Å². The fraction of sp³-hybridized carbons (Fsp3) is 0.203. The minimum Gasteiger partial charge on any atom is -0.513 e. The molecule has 0 amide bonds. The Morgan fingerprint density at radius 1 is 0.712 bits per heavy atom. The molecule has 66 heavy (non-hydrogen) atoms. The van der Waals surface area contributed by atoms with E-state index in [9.17, 15) is 0 Å². The molecule has 10 aromatic rings. The van der Waals surface area contributed by atoms with E-state index in [4.69, 9.17) is 19.4 Å². The van der Waals surface area contributed by atoms with Gasteiger partial charge in [0.15, 0.2) is 0 Å². The van der Waals surface area contributed by atoms with Crippen molar-refractivity contribution in [2.75, 3.05) is 0 Å². The second kappa shape index (κ2) is 19.1. The summed E-state index contributed by atoms with van der Waals surface area (Å²) in [6.07, 6.45) is 3.27. The standard InChI is InChI=1S/C41H32N3O.C18H24GeN.Ir/c1-26-14-13-21-35-37(26)38-36(45-35)23-22-33(42-38)40-43-32-19-11-12-20-34(32)44(40)39-30(27-15-7-5-8-16-27)24-29(41(2,3)4)25-31(39)28-17-9-6-10-18-28;1-14(2)11-16-12-18(15-9-7-6-8-10-15)20-13-17(16)19(3,4)5;/h5-21,23-25H,1-4H3;6-9,12-14H,11H2,1-5H3;/q2*-1;. The van der Waals surface area contributed by atoms with Crippen LogP contribution in [0.4, 0.5) is 0 Å². The molecular formula is C59H56GeIrN4O-2. The summed E-state index contributed by atoms with van der Waals surface area (Å²) in [4.78, 5) is 15.1. The van der Waals surface area contributed by atoms with Gasteiger partial charge in [0, 0.05) is 36.6 Å². The Balaban J connectivity index is 0.000000238. The molecule has 0 atom stereocenters. The quantitative estimate of drug-likeness (QED) is 0.112. The number of hydrogen-bond acceptors (Lipinski definition) is 4. The zero-order chi connectivity index (χ0) is 45.5. The average molecular weight is 1100 g/mol. The van der Waals surface area contributed by atoms with Crippen molar-refractivity contribution in [1.29, 1.82) is 0 Å². The first kappa shape index (κ1) is 46.6. The van der Waals surface area contributed by atoms with E-state index < -0.39 is 13.3 Å². The van der Waals surface area contributed by atoms with E-state index >= 15 is 0 Å². The van der Waals surface area contributed by atoms with Gasteiger partial charge in [-0.2, -0.15) is 0 Å². The number of pyridine rings is 2. The summed E-state index contributed by atoms with van der Waals surface area (Å²) >= 11 is -1.86. The van der Waals surface area contributed by atoms with Gasteiger partial charge < -0.3 is 8.98 Å². The van der Waals surface area contributed by atoms with Crippen molar-refractivity contribution in [3.8, 4) is 50.7 Å². The van der Waals surface area contributed by atoms with Gasteiger partial charge in [-0.25, -0.2) is 0 Å². The van der Waals surface area contributed by atoms with E-state index in [1.54, 1.807) is 4.40 Å². The van der Waals surface area contributed by atoms with E-state index in [0.717, 1.165) is 90.1 Å². The molecule has 0 unspecified atom stereocenters. The number of aromatic nitrogens is 4. The summed E-state index contributed by atoms with van der Waals surface area (Å²) in [6.45, 7) is 13.5. The van der Waals surface area contributed by atoms with Gasteiger partial charge in [0.1, 0.15) is 5.58 Å². The third-order valence-electron chi connectivity index (χ3n) is 12.0. The second-order valence-corrected chi connectivity index (χ2v) is 30.1. The van der Waals surface area contributed by atoms with Crippen LogP contribution in [0.5, 0.6) is 0 Å². The Labute approximate surface area is 406 Å². The van der Waals surface area contributed by atoms with E-state index in [1.165, 1.54) is 11.1 Å². The van der Waals surface area contributed by atoms with Crippen molar-refractivity contribution < 1.29 is 24.5 Å². The van der Waals surface area contributed by atoms with E-state index in [1.807, 2.05) is 42.5 Å². The zero-order valence-corrected chi connectivity index (χ0v) is 43.8. The first-order valence-corrected chi connectivity index (χ1v) is 30.0. The Hall–Kier alpha value is -5.92. The smallest absolute Gasteiger partial charge is 0.119 e. The van der Waals surface area contributed by atoms with Crippen molar-refractivity contribution in [1.82, 2.24) is 19.5 Å². The molecule has 0 aliphatic carbocycles. The van der Waals surface area contributed by atoms with Crippen LogP contribution in [0.2, 0.25) is 17.3 Å². The number of imidazole rings is 1. The zero-order valence-electron chi connectivity index (χ0n) is 39.3. The Bertz CT molecular complexity index is 3230. The molecule has 6 aromatic carbocycles. The summed E-state index contributed by atoms with van der Waals surface area (Å²) in [6, 6.07) is 59.4. The molecule has 0 N–H and O–H groups in total. The van der Waals surface area contributed by atoms with Crippen LogP contribution in [0.1, 0.15) is 51.3 Å². The van der Waals surface area contributed by atoms with Gasteiger partial charge in [0.2, 0.25) is 0 Å². The van der Waals surface area contributed by atoms with Crippen molar-refractivity contribution in [3.05, 3.63) is 187 Å². The number of rotatable bonds is 8. The molecule has 0 saturated carbocycles. The third-order valence-corrected chi connectivity index (χ3v) is 16.4. The largest absolute Gasteiger partial charge is 0.513 e. The van der Waals surface area contributed by atoms with Crippen LogP contribution in [0.15, 0.2) is 162 Å². The molecule has 4 aromatic heterocycles. The summed E-state index contributed by atoms with van der Waals surface area (Å²) in [5.74, 6) is 8.73. The Kier molecular flexibility index (Phi) is 13.5. The number of aryl methyl sites for hydroxylation is 1. The number of nitrogens with zero attached hydrogens (tertiary/aromatic N) is 4. The molecule has 0 bridgehead atoms. The van der Waals surface area contributed by atoms with Crippen molar-refractivity contribution in [2.24, 2.45) is 5.92 Å². The van der Waals surface area contributed by atoms with E-state index in [2.05, 4.69) is 191 Å². The van der Waals surface area contributed by atoms with Gasteiger partial charge in [0.05, 0.1) is 33.6 Å². The number of para-hydroxylation sites is 2. The average Bonchev–Trinajstić information content (AvgIpc) is 3.88. The third kappa shape index (κ3) is 9.51. The number of benzene rings is 6. The Morgan fingerprint density at radius 3 is 1.98 bits per heavy atom. The molecule has 0 spiro atoms. The Morgan fingerprint density at radius 2 is 1.36 bits per heavy atom.